The topological polar surface area (TPSA) is 0 Å². The van der Waals surface area contributed by atoms with Crippen molar-refractivity contribution in [1.82, 2.24) is 0 Å². The van der Waals surface area contributed by atoms with Crippen molar-refractivity contribution in [1.29, 1.82) is 0 Å². The van der Waals surface area contributed by atoms with E-state index in [1.807, 2.05) is 36.4 Å². The number of hydrogen-bond acceptors (Lipinski definition) is 0. The van der Waals surface area contributed by atoms with Gasteiger partial charge in [-0.15, -0.1) is 5.56 Å². The van der Waals surface area contributed by atoms with Gasteiger partial charge in [0.25, 0.3) is 0 Å². The number of halogens is 2. The molecule has 1 aliphatic rings. The molecule has 0 aromatic heterocycles. The second-order valence-electron chi connectivity index (χ2n) is 9.23. The van der Waals surface area contributed by atoms with Gasteiger partial charge < -0.3 is 24.8 Å². The SMILES string of the molecule is CC(C)(C)[C](=[Zr+2])C(C)(C)C.[Cl-].[Cl-].[c-]1cccc2c1Cc1ccccc1-2.c1cc[cH-]c1. The van der Waals surface area contributed by atoms with E-state index >= 15 is 0 Å². The normalized spacial score (nSPS) is 11.2. The zero-order chi connectivity index (χ0) is 20.8. The van der Waals surface area contributed by atoms with Crippen LogP contribution in [0.4, 0.5) is 0 Å². The van der Waals surface area contributed by atoms with E-state index in [4.69, 9.17) is 0 Å². The van der Waals surface area contributed by atoms with E-state index in [0.29, 0.717) is 10.8 Å². The van der Waals surface area contributed by atoms with Crippen molar-refractivity contribution in [3.63, 3.8) is 0 Å². The quantitative estimate of drug-likeness (QED) is 0.308. The van der Waals surface area contributed by atoms with Crippen molar-refractivity contribution in [3.05, 3.63) is 90.0 Å². The molecule has 0 radical (unpaired) electrons. The van der Waals surface area contributed by atoms with E-state index in [1.165, 1.54) is 22.3 Å². The summed E-state index contributed by atoms with van der Waals surface area (Å²) in [5, 5.41) is 0. The van der Waals surface area contributed by atoms with Gasteiger partial charge in [0, 0.05) is 0 Å². The molecule has 3 aromatic carbocycles. The summed E-state index contributed by atoms with van der Waals surface area (Å²) in [5.74, 6) is 0. The fourth-order valence-electron chi connectivity index (χ4n) is 3.44. The minimum Gasteiger partial charge on any atom is -1.00 e. The van der Waals surface area contributed by atoms with Crippen LogP contribution in [0.2, 0.25) is 0 Å². The monoisotopic (exact) mass is 516 g/mol. The molecular formula is C27H32Cl2Zr-2. The summed E-state index contributed by atoms with van der Waals surface area (Å²) in [4.78, 5) is 0. The van der Waals surface area contributed by atoms with Crippen molar-refractivity contribution in [2.75, 3.05) is 0 Å². The van der Waals surface area contributed by atoms with Crippen LogP contribution in [-0.2, 0) is 30.7 Å². The van der Waals surface area contributed by atoms with Crippen molar-refractivity contribution in [2.45, 2.75) is 48.0 Å². The van der Waals surface area contributed by atoms with Crippen LogP contribution in [0, 0.1) is 16.9 Å². The fourth-order valence-corrected chi connectivity index (χ4v) is 3.44. The molecule has 0 aliphatic heterocycles. The number of fused-ring (bicyclic) bond motifs is 3. The molecule has 0 heterocycles. The molecule has 0 bridgehead atoms. The Bertz CT molecular complexity index is 805. The maximum atomic E-state index is 3.30. The van der Waals surface area contributed by atoms with Crippen LogP contribution < -0.4 is 24.8 Å². The summed E-state index contributed by atoms with van der Waals surface area (Å²) < 4.78 is 1.66. The van der Waals surface area contributed by atoms with Crippen LogP contribution in [0.25, 0.3) is 11.1 Å². The second kappa shape index (κ2) is 12.9. The molecule has 0 saturated carbocycles. The first-order valence-electron chi connectivity index (χ1n) is 9.95. The minimum absolute atomic E-state index is 0. The Balaban J connectivity index is 0.000000444. The third kappa shape index (κ3) is 8.70. The first-order chi connectivity index (χ1) is 13.1. The van der Waals surface area contributed by atoms with Crippen molar-refractivity contribution in [3.8, 4) is 11.1 Å². The predicted molar refractivity (Wildman–Crippen MR) is 119 cm³/mol. The zero-order valence-electron chi connectivity index (χ0n) is 18.9. The smallest absolute Gasteiger partial charge is 0.0253 e. The van der Waals surface area contributed by atoms with Crippen molar-refractivity contribution < 1.29 is 49.0 Å². The van der Waals surface area contributed by atoms with E-state index in [1.54, 1.807) is 27.4 Å². The first kappa shape index (κ1) is 29.1. The van der Waals surface area contributed by atoms with Gasteiger partial charge in [0.1, 0.15) is 0 Å². The molecule has 3 aromatic rings. The molecule has 4 rings (SSSR count). The van der Waals surface area contributed by atoms with Gasteiger partial charge in [0.2, 0.25) is 0 Å². The van der Waals surface area contributed by atoms with Gasteiger partial charge >= 0.3 is 79.8 Å². The van der Waals surface area contributed by atoms with Gasteiger partial charge in [-0.05, 0) is 6.42 Å². The van der Waals surface area contributed by atoms with Gasteiger partial charge in [-0.3, -0.25) is 0 Å². The molecular weight excluding hydrogens is 486 g/mol. The second-order valence-corrected chi connectivity index (χ2v) is 10.5. The Kier molecular flexibility index (Phi) is 12.5. The summed E-state index contributed by atoms with van der Waals surface area (Å²) in [6.07, 6.45) is 1.05. The molecule has 0 saturated heterocycles. The van der Waals surface area contributed by atoms with Crippen molar-refractivity contribution in [2.24, 2.45) is 10.8 Å². The molecule has 0 nitrogen and oxygen atoms in total. The van der Waals surface area contributed by atoms with Crippen LogP contribution in [-0.4, -0.2) is 3.21 Å². The first-order valence-corrected chi connectivity index (χ1v) is 11.2. The van der Waals surface area contributed by atoms with E-state index in [9.17, 15) is 0 Å². The number of rotatable bonds is 0. The Morgan fingerprint density at radius 3 is 1.80 bits per heavy atom. The van der Waals surface area contributed by atoms with Crippen LogP contribution in [0.1, 0.15) is 52.7 Å². The maximum Gasteiger partial charge on any atom is -0.0253 e. The zero-order valence-corrected chi connectivity index (χ0v) is 22.9. The third-order valence-corrected chi connectivity index (χ3v) is 8.36. The van der Waals surface area contributed by atoms with Crippen LogP contribution in [0.15, 0.2) is 72.8 Å². The molecule has 3 heteroatoms. The van der Waals surface area contributed by atoms with E-state index in [-0.39, 0.29) is 24.8 Å². The number of hydrogen-bond donors (Lipinski definition) is 0. The van der Waals surface area contributed by atoms with Gasteiger partial charge in [-0.2, -0.15) is 48.0 Å². The standard InChI is InChI=1S/C13H9.C9H18.C5H5.2ClH.Zr/c1-3-7-12-10(5-1)9-11-6-2-4-8-13(11)12;1-8(2,3)7-9(4,5)6;1-2-4-5-3-1;;;/h1-5,7-8H,9H2;1-6H3;1-5H;2*1H;/q-1;;-1;;;+2/p-2. The molecule has 0 N–H and O–H groups in total. The predicted octanol–water partition coefficient (Wildman–Crippen LogP) is 1.27. The Morgan fingerprint density at radius 2 is 1.33 bits per heavy atom. The molecule has 0 atom stereocenters. The van der Waals surface area contributed by atoms with Gasteiger partial charge in [-0.1, -0.05) is 35.4 Å². The molecule has 160 valence electrons. The molecule has 30 heavy (non-hydrogen) atoms. The average molecular weight is 519 g/mol. The van der Waals surface area contributed by atoms with Crippen molar-refractivity contribution >= 4 is 3.21 Å². The van der Waals surface area contributed by atoms with Gasteiger partial charge in [-0.25, -0.2) is 12.1 Å². The summed E-state index contributed by atoms with van der Waals surface area (Å²) in [5.41, 5.74) is 6.31. The molecule has 0 fully saturated rings. The Morgan fingerprint density at radius 1 is 0.800 bits per heavy atom. The average Bonchev–Trinajstić information content (AvgIpc) is 3.31. The van der Waals surface area contributed by atoms with Gasteiger partial charge in [0.05, 0.1) is 0 Å². The Labute approximate surface area is 211 Å². The summed E-state index contributed by atoms with van der Waals surface area (Å²) in [6, 6.07) is 28.1. The molecule has 0 unspecified atom stereocenters. The van der Waals surface area contributed by atoms with Crippen LogP contribution in [0.5, 0.6) is 0 Å². The largest absolute Gasteiger partial charge is 1.00 e. The maximum absolute atomic E-state index is 3.30. The summed E-state index contributed by atoms with van der Waals surface area (Å²) in [7, 11) is 0. The molecule has 1 aliphatic carbocycles. The fraction of sp³-hybridized carbons (Fsp3) is 0.333. The minimum atomic E-state index is 0. The number of benzene rings is 2. The van der Waals surface area contributed by atoms with Crippen LogP contribution >= 0.6 is 0 Å². The van der Waals surface area contributed by atoms with E-state index in [0.717, 1.165) is 6.42 Å². The summed E-state index contributed by atoms with van der Waals surface area (Å²) >= 11 is 1.59. The third-order valence-electron chi connectivity index (χ3n) is 4.67. The summed E-state index contributed by atoms with van der Waals surface area (Å²) in [6.45, 7) is 13.8. The molecule has 0 amide bonds. The van der Waals surface area contributed by atoms with Crippen LogP contribution in [0.3, 0.4) is 0 Å². The molecule has 0 spiro atoms. The van der Waals surface area contributed by atoms with Gasteiger partial charge in [0.15, 0.2) is 0 Å². The van der Waals surface area contributed by atoms with E-state index < -0.39 is 0 Å². The van der Waals surface area contributed by atoms with E-state index in [2.05, 4.69) is 84.0 Å². The Hall–Kier alpha value is -0.877.